The van der Waals surface area contributed by atoms with E-state index in [4.69, 9.17) is 14.2 Å². The number of anilines is 1. The molecule has 2 aromatic carbocycles. The molecule has 0 saturated carbocycles. The maximum absolute atomic E-state index is 12.4. The molecule has 172 valence electrons. The van der Waals surface area contributed by atoms with E-state index in [9.17, 15) is 9.90 Å². The van der Waals surface area contributed by atoms with Crippen molar-refractivity contribution < 1.29 is 19.2 Å². The van der Waals surface area contributed by atoms with Gasteiger partial charge in [0.05, 0.1) is 24.4 Å². The van der Waals surface area contributed by atoms with Crippen molar-refractivity contribution in [2.75, 3.05) is 25.5 Å². The molecule has 1 amide bonds. The van der Waals surface area contributed by atoms with Crippen molar-refractivity contribution in [2.45, 2.75) is 38.8 Å². The number of nitrogens with one attached hydrogen (secondary N) is 1. The third-order valence-corrected chi connectivity index (χ3v) is 6.40. The van der Waals surface area contributed by atoms with E-state index in [2.05, 4.69) is 16.5 Å². The molecular formula is C25H28N4O4. The number of rotatable bonds is 7. The Morgan fingerprint density at radius 2 is 2.12 bits per heavy atom. The van der Waals surface area contributed by atoms with Crippen LogP contribution in [-0.2, 0) is 11.2 Å². The first kappa shape index (κ1) is 21.5. The number of hydrogen-bond acceptors (Lipinski definition) is 7. The number of aliphatic hydroxyl groups is 1. The smallest absolute Gasteiger partial charge is 0.258 e. The second-order valence-corrected chi connectivity index (χ2v) is 8.85. The summed E-state index contributed by atoms with van der Waals surface area (Å²) in [7, 11) is 1.85. The third-order valence-electron chi connectivity index (χ3n) is 6.40. The van der Waals surface area contributed by atoms with Crippen LogP contribution in [0.1, 0.15) is 37.4 Å². The fraction of sp³-hybridized carbons (Fsp3) is 0.400. The van der Waals surface area contributed by atoms with Crippen LogP contribution in [0.4, 0.5) is 5.69 Å². The van der Waals surface area contributed by atoms with E-state index in [0.29, 0.717) is 24.7 Å². The van der Waals surface area contributed by atoms with E-state index in [1.165, 1.54) is 0 Å². The molecule has 1 aliphatic heterocycles. The van der Waals surface area contributed by atoms with Crippen molar-refractivity contribution in [3.05, 3.63) is 47.5 Å². The highest BCUT2D eigenvalue weighted by molar-refractivity contribution is 5.81. The van der Waals surface area contributed by atoms with Crippen LogP contribution in [-0.4, -0.2) is 52.4 Å². The van der Waals surface area contributed by atoms with E-state index in [1.807, 2.05) is 56.1 Å². The summed E-state index contributed by atoms with van der Waals surface area (Å²) in [6.07, 6.45) is 1.37. The Hall–Kier alpha value is -3.39. The van der Waals surface area contributed by atoms with Gasteiger partial charge in [-0.1, -0.05) is 23.4 Å². The zero-order valence-corrected chi connectivity index (χ0v) is 19.0. The molecule has 0 spiro atoms. The largest absolute Gasteiger partial charge is 0.489 e. The minimum absolute atomic E-state index is 0.0117. The molecule has 0 radical (unpaired) electrons. The van der Waals surface area contributed by atoms with E-state index in [-0.39, 0.29) is 30.6 Å². The lowest BCUT2D eigenvalue weighted by Crippen LogP contribution is -2.30. The number of ether oxygens (including phenoxy) is 1. The van der Waals surface area contributed by atoms with E-state index in [1.54, 1.807) is 0 Å². The topological polar surface area (TPSA) is 101 Å². The van der Waals surface area contributed by atoms with Gasteiger partial charge in [-0.2, -0.15) is 4.98 Å². The Balaban J connectivity index is 1.47. The Morgan fingerprint density at radius 3 is 2.88 bits per heavy atom. The van der Waals surface area contributed by atoms with Gasteiger partial charge in [0.2, 0.25) is 11.7 Å². The number of fused-ring (bicyclic) bond motifs is 3. The monoisotopic (exact) mass is 448 g/mol. The van der Waals surface area contributed by atoms with Gasteiger partial charge < -0.3 is 24.6 Å². The second-order valence-electron chi connectivity index (χ2n) is 8.85. The minimum Gasteiger partial charge on any atom is -0.489 e. The fourth-order valence-corrected chi connectivity index (χ4v) is 5.09. The molecule has 8 nitrogen and oxygen atoms in total. The lowest BCUT2D eigenvalue weighted by atomic mass is 10.0. The van der Waals surface area contributed by atoms with Crippen molar-refractivity contribution >= 4 is 11.6 Å². The van der Waals surface area contributed by atoms with Gasteiger partial charge in [0.1, 0.15) is 5.75 Å². The average Bonchev–Trinajstić information content (AvgIpc) is 3.49. The standard InChI is InChI=1S/C25H28N4O4/c1-14(2)32-21-8-7-15(12-20(21)26-3)25-27-24(28-33-25)18-6-4-5-17-19(18)11-16-13-22(31)29(9-10-30)23(16)17/h4-8,12,14,16,23,26,30H,9-11,13H2,1-3H3/t16-,23+/m1/s1. The maximum Gasteiger partial charge on any atom is 0.258 e. The number of carbonyl (C=O) groups is 1. The summed E-state index contributed by atoms with van der Waals surface area (Å²) in [5.74, 6) is 2.08. The van der Waals surface area contributed by atoms with Gasteiger partial charge in [0, 0.05) is 31.1 Å². The minimum atomic E-state index is -0.0339. The van der Waals surface area contributed by atoms with Crippen molar-refractivity contribution in [1.82, 2.24) is 15.0 Å². The van der Waals surface area contributed by atoms with Crippen molar-refractivity contribution in [1.29, 1.82) is 0 Å². The van der Waals surface area contributed by atoms with Crippen LogP contribution in [0.15, 0.2) is 40.9 Å². The number of likely N-dealkylation sites (tertiary alicyclic amines) is 1. The van der Waals surface area contributed by atoms with Crippen LogP contribution in [0.5, 0.6) is 5.75 Å². The molecule has 2 atom stereocenters. The molecule has 3 aromatic rings. The summed E-state index contributed by atoms with van der Waals surface area (Å²) in [5.41, 5.74) is 4.87. The van der Waals surface area contributed by atoms with Gasteiger partial charge in [-0.3, -0.25) is 4.79 Å². The van der Waals surface area contributed by atoms with Crippen LogP contribution >= 0.6 is 0 Å². The molecule has 33 heavy (non-hydrogen) atoms. The molecule has 8 heteroatoms. The summed E-state index contributed by atoms with van der Waals surface area (Å²) in [4.78, 5) is 18.9. The molecule has 2 aliphatic rings. The fourth-order valence-electron chi connectivity index (χ4n) is 5.09. The predicted octanol–water partition coefficient (Wildman–Crippen LogP) is 3.67. The number of aliphatic hydroxyl groups excluding tert-OH is 1. The van der Waals surface area contributed by atoms with Crippen LogP contribution in [0.3, 0.4) is 0 Å². The van der Waals surface area contributed by atoms with Gasteiger partial charge >= 0.3 is 0 Å². The molecule has 1 aliphatic carbocycles. The summed E-state index contributed by atoms with van der Waals surface area (Å²) in [5, 5.41) is 16.8. The number of carbonyl (C=O) groups excluding carboxylic acids is 1. The predicted molar refractivity (Wildman–Crippen MR) is 124 cm³/mol. The van der Waals surface area contributed by atoms with Crippen LogP contribution < -0.4 is 10.1 Å². The first-order chi connectivity index (χ1) is 16.0. The Kier molecular flexibility index (Phi) is 5.54. The highest BCUT2D eigenvalue weighted by Gasteiger charge is 2.46. The second kappa shape index (κ2) is 8.51. The molecule has 1 saturated heterocycles. The number of benzene rings is 2. The molecule has 5 rings (SSSR count). The molecule has 0 bridgehead atoms. The van der Waals surface area contributed by atoms with Gasteiger partial charge in [-0.15, -0.1) is 0 Å². The van der Waals surface area contributed by atoms with E-state index >= 15 is 0 Å². The molecule has 2 N–H and O–H groups in total. The zero-order valence-electron chi connectivity index (χ0n) is 19.0. The number of nitrogens with zero attached hydrogens (tertiary/aromatic N) is 3. The Morgan fingerprint density at radius 1 is 1.27 bits per heavy atom. The van der Waals surface area contributed by atoms with Crippen molar-refractivity contribution in [3.63, 3.8) is 0 Å². The summed E-state index contributed by atoms with van der Waals surface area (Å²) >= 11 is 0. The average molecular weight is 449 g/mol. The van der Waals surface area contributed by atoms with Crippen LogP contribution in [0, 0.1) is 5.92 Å². The summed E-state index contributed by atoms with van der Waals surface area (Å²) in [6.45, 7) is 4.31. The quantitative estimate of drug-likeness (QED) is 0.569. The van der Waals surface area contributed by atoms with E-state index < -0.39 is 0 Å². The Bertz CT molecular complexity index is 1190. The third kappa shape index (κ3) is 3.74. The lowest BCUT2D eigenvalue weighted by Gasteiger charge is -2.24. The van der Waals surface area contributed by atoms with E-state index in [0.717, 1.165) is 40.1 Å². The molecule has 0 unspecified atom stereocenters. The van der Waals surface area contributed by atoms with Gasteiger partial charge in [-0.05, 0) is 55.5 Å². The maximum atomic E-state index is 12.4. The molecule has 1 fully saturated rings. The highest BCUT2D eigenvalue weighted by atomic mass is 16.5. The van der Waals surface area contributed by atoms with Gasteiger partial charge in [0.25, 0.3) is 5.89 Å². The summed E-state index contributed by atoms with van der Waals surface area (Å²) < 4.78 is 11.5. The zero-order chi connectivity index (χ0) is 23.1. The van der Waals surface area contributed by atoms with Gasteiger partial charge in [0.15, 0.2) is 0 Å². The first-order valence-electron chi connectivity index (χ1n) is 11.3. The van der Waals surface area contributed by atoms with Crippen molar-refractivity contribution in [2.24, 2.45) is 5.92 Å². The first-order valence-corrected chi connectivity index (χ1v) is 11.3. The number of hydrogen-bond donors (Lipinski definition) is 2. The lowest BCUT2D eigenvalue weighted by molar-refractivity contribution is -0.129. The molecular weight excluding hydrogens is 420 g/mol. The summed E-state index contributed by atoms with van der Waals surface area (Å²) in [6, 6.07) is 11.8. The van der Waals surface area contributed by atoms with Crippen molar-refractivity contribution in [3.8, 4) is 28.6 Å². The number of aromatic nitrogens is 2. The normalized spacial score (nSPS) is 19.2. The SMILES string of the molecule is CNc1cc(-c2nc(-c3cccc4c3C[C@@H]3CC(=O)N(CCO)[C@H]43)no2)ccc1OC(C)C. The van der Waals surface area contributed by atoms with Crippen LogP contribution in [0.25, 0.3) is 22.8 Å². The Labute approximate surface area is 192 Å². The number of amides is 1. The van der Waals surface area contributed by atoms with Crippen LogP contribution in [0.2, 0.25) is 0 Å². The number of β-amino-alcohol motifs (C(OH)–C–C–N with tert-alkyl or cyclic N) is 1. The highest BCUT2D eigenvalue weighted by Crippen LogP contribution is 2.49. The molecule has 1 aromatic heterocycles. The molecule has 2 heterocycles. The van der Waals surface area contributed by atoms with Gasteiger partial charge in [-0.25, -0.2) is 0 Å².